The number of nitrogens with one attached hydrogen (secondary N) is 2. The number of fused-ring (bicyclic) bond motifs is 1. The molecule has 1 aliphatic heterocycles. The van der Waals surface area contributed by atoms with E-state index in [0.717, 1.165) is 24.0 Å². The molecule has 1 fully saturated rings. The van der Waals surface area contributed by atoms with Gasteiger partial charge in [-0.3, -0.25) is 0 Å². The number of rotatable bonds is 8. The van der Waals surface area contributed by atoms with Gasteiger partial charge in [-0.25, -0.2) is 9.18 Å². The normalized spacial score (nSPS) is 17.3. The van der Waals surface area contributed by atoms with E-state index in [-0.39, 0.29) is 12.4 Å². The molecular formula is C26H31FN2O4. The van der Waals surface area contributed by atoms with Crippen molar-refractivity contribution < 1.29 is 23.8 Å². The van der Waals surface area contributed by atoms with E-state index in [1.807, 2.05) is 0 Å². The first-order valence-electron chi connectivity index (χ1n) is 11.5. The molecule has 6 nitrogen and oxygen atoms in total. The Balaban J connectivity index is 1.45. The van der Waals surface area contributed by atoms with E-state index < -0.39 is 18.2 Å². The molecule has 0 bridgehead atoms. The van der Waals surface area contributed by atoms with Gasteiger partial charge in [0.25, 0.3) is 0 Å². The summed E-state index contributed by atoms with van der Waals surface area (Å²) >= 11 is 0. The molecule has 0 saturated heterocycles. The van der Waals surface area contributed by atoms with Gasteiger partial charge in [0.2, 0.25) is 0 Å². The van der Waals surface area contributed by atoms with E-state index in [9.17, 15) is 14.3 Å². The number of ether oxygens (including phenoxy) is 2. The van der Waals surface area contributed by atoms with Gasteiger partial charge in [-0.1, -0.05) is 43.2 Å². The van der Waals surface area contributed by atoms with Gasteiger partial charge in [0, 0.05) is 6.54 Å². The molecule has 2 atom stereocenters. The topological polar surface area (TPSA) is 79.8 Å². The SMILES string of the molecule is C=C(CC(NC(=O)NCc1ccc(F)cc1)C(O)c1ccc2c(c1)OCCO2)C1CCCC1. The highest BCUT2D eigenvalue weighted by molar-refractivity contribution is 5.74. The van der Waals surface area contributed by atoms with Crippen LogP contribution in [0.5, 0.6) is 11.5 Å². The number of halogens is 1. The zero-order chi connectivity index (χ0) is 23.2. The maximum Gasteiger partial charge on any atom is 0.315 e. The second-order valence-corrected chi connectivity index (χ2v) is 8.75. The van der Waals surface area contributed by atoms with Gasteiger partial charge >= 0.3 is 6.03 Å². The van der Waals surface area contributed by atoms with Crippen molar-refractivity contribution in [2.24, 2.45) is 5.92 Å². The molecule has 2 amide bonds. The second kappa shape index (κ2) is 10.7. The molecule has 0 radical (unpaired) electrons. The van der Waals surface area contributed by atoms with Crippen LogP contribution in [0, 0.1) is 11.7 Å². The summed E-state index contributed by atoms with van der Waals surface area (Å²) in [6.45, 7) is 5.47. The highest BCUT2D eigenvalue weighted by atomic mass is 19.1. The van der Waals surface area contributed by atoms with Crippen LogP contribution in [0.3, 0.4) is 0 Å². The van der Waals surface area contributed by atoms with Gasteiger partial charge in [-0.15, -0.1) is 0 Å². The van der Waals surface area contributed by atoms with E-state index in [1.165, 1.54) is 25.0 Å². The van der Waals surface area contributed by atoms with Crippen LogP contribution in [-0.4, -0.2) is 30.4 Å². The maximum atomic E-state index is 13.1. The average Bonchev–Trinajstić information content (AvgIpc) is 3.38. The van der Waals surface area contributed by atoms with Crippen LogP contribution in [0.2, 0.25) is 0 Å². The van der Waals surface area contributed by atoms with E-state index in [1.54, 1.807) is 30.3 Å². The van der Waals surface area contributed by atoms with Crippen LogP contribution in [0.1, 0.15) is 49.3 Å². The van der Waals surface area contributed by atoms with Crippen LogP contribution in [0.15, 0.2) is 54.6 Å². The summed E-state index contributed by atoms with van der Waals surface area (Å²) in [6, 6.07) is 10.3. The number of carbonyl (C=O) groups is 1. The standard InChI is InChI=1S/C26H31FN2O4/c1-17(19-4-2-3-5-19)14-22(29-26(31)28-16-18-6-9-21(27)10-7-18)25(30)20-8-11-23-24(15-20)33-13-12-32-23/h6-11,15,19,22,25,30H,1-5,12-14,16H2,(H2,28,29,31). The Hall–Kier alpha value is -3.06. The summed E-state index contributed by atoms with van der Waals surface area (Å²) in [5, 5.41) is 16.9. The van der Waals surface area contributed by atoms with E-state index >= 15 is 0 Å². The minimum atomic E-state index is -0.949. The highest BCUT2D eigenvalue weighted by Gasteiger charge is 2.28. The molecule has 0 aromatic heterocycles. The Labute approximate surface area is 193 Å². The van der Waals surface area contributed by atoms with Crippen LogP contribution in [0.4, 0.5) is 9.18 Å². The Bertz CT molecular complexity index is 973. The quantitative estimate of drug-likeness (QED) is 0.508. The van der Waals surface area contributed by atoms with Gasteiger partial charge in [-0.2, -0.15) is 0 Å². The van der Waals surface area contributed by atoms with Gasteiger partial charge in [0.15, 0.2) is 11.5 Å². The number of urea groups is 1. The predicted octanol–water partition coefficient (Wildman–Crippen LogP) is 4.63. The van der Waals surface area contributed by atoms with Crippen LogP contribution >= 0.6 is 0 Å². The molecule has 7 heteroatoms. The van der Waals surface area contributed by atoms with Gasteiger partial charge in [0.05, 0.1) is 12.1 Å². The summed E-state index contributed by atoms with van der Waals surface area (Å²) in [7, 11) is 0. The van der Waals surface area contributed by atoms with Crippen molar-refractivity contribution in [1.82, 2.24) is 10.6 Å². The third kappa shape index (κ3) is 6.05. The number of aliphatic hydroxyl groups is 1. The number of aliphatic hydroxyl groups excluding tert-OH is 1. The number of hydrogen-bond acceptors (Lipinski definition) is 4. The monoisotopic (exact) mass is 454 g/mol. The van der Waals surface area contributed by atoms with Crippen molar-refractivity contribution in [2.75, 3.05) is 13.2 Å². The number of amides is 2. The molecule has 0 spiro atoms. The van der Waals surface area contributed by atoms with Crippen molar-refractivity contribution in [2.45, 2.75) is 50.8 Å². The molecule has 2 aromatic rings. The summed E-state index contributed by atoms with van der Waals surface area (Å²) in [6.07, 6.45) is 4.10. The molecule has 2 aromatic carbocycles. The van der Waals surface area contributed by atoms with E-state index in [2.05, 4.69) is 17.2 Å². The predicted molar refractivity (Wildman–Crippen MR) is 124 cm³/mol. The second-order valence-electron chi connectivity index (χ2n) is 8.75. The van der Waals surface area contributed by atoms with Gasteiger partial charge < -0.3 is 25.2 Å². The number of carbonyl (C=O) groups excluding carboxylic acids is 1. The van der Waals surface area contributed by atoms with Gasteiger partial charge in [-0.05, 0) is 60.6 Å². The Kier molecular flexibility index (Phi) is 7.50. The lowest BCUT2D eigenvalue weighted by molar-refractivity contribution is 0.126. The highest BCUT2D eigenvalue weighted by Crippen LogP contribution is 2.36. The first-order chi connectivity index (χ1) is 16.0. The number of benzene rings is 2. The molecular weight excluding hydrogens is 423 g/mol. The fourth-order valence-electron chi connectivity index (χ4n) is 4.51. The largest absolute Gasteiger partial charge is 0.486 e. The third-order valence-corrected chi connectivity index (χ3v) is 6.39. The Morgan fingerprint density at radius 3 is 2.52 bits per heavy atom. The Morgan fingerprint density at radius 2 is 1.79 bits per heavy atom. The minimum Gasteiger partial charge on any atom is -0.486 e. The summed E-state index contributed by atoms with van der Waals surface area (Å²) in [4.78, 5) is 12.7. The third-order valence-electron chi connectivity index (χ3n) is 6.39. The first kappa shape index (κ1) is 23.1. The molecule has 176 valence electrons. The Morgan fingerprint density at radius 1 is 1.09 bits per heavy atom. The van der Waals surface area contributed by atoms with Crippen molar-refractivity contribution in [3.05, 3.63) is 71.6 Å². The lowest BCUT2D eigenvalue weighted by Gasteiger charge is -2.28. The molecule has 2 unspecified atom stereocenters. The lowest BCUT2D eigenvalue weighted by Crippen LogP contribution is -2.45. The average molecular weight is 455 g/mol. The zero-order valence-corrected chi connectivity index (χ0v) is 18.7. The van der Waals surface area contributed by atoms with Crippen LogP contribution in [-0.2, 0) is 6.54 Å². The number of hydrogen-bond donors (Lipinski definition) is 3. The molecule has 1 saturated carbocycles. The van der Waals surface area contributed by atoms with E-state index in [0.29, 0.717) is 42.6 Å². The van der Waals surface area contributed by atoms with Crippen molar-refractivity contribution in [3.8, 4) is 11.5 Å². The van der Waals surface area contributed by atoms with Crippen molar-refractivity contribution >= 4 is 6.03 Å². The molecule has 33 heavy (non-hydrogen) atoms. The molecule has 1 heterocycles. The van der Waals surface area contributed by atoms with Crippen molar-refractivity contribution in [1.29, 1.82) is 0 Å². The minimum absolute atomic E-state index is 0.253. The fourth-order valence-corrected chi connectivity index (χ4v) is 4.51. The zero-order valence-electron chi connectivity index (χ0n) is 18.7. The summed E-state index contributed by atoms with van der Waals surface area (Å²) in [5.41, 5.74) is 2.47. The molecule has 3 N–H and O–H groups in total. The van der Waals surface area contributed by atoms with Crippen molar-refractivity contribution in [3.63, 3.8) is 0 Å². The smallest absolute Gasteiger partial charge is 0.315 e. The molecule has 2 aliphatic rings. The molecule has 1 aliphatic carbocycles. The fraction of sp³-hybridized carbons (Fsp3) is 0.423. The van der Waals surface area contributed by atoms with E-state index in [4.69, 9.17) is 9.47 Å². The lowest BCUT2D eigenvalue weighted by atomic mass is 9.89. The maximum absolute atomic E-state index is 13.1. The van der Waals surface area contributed by atoms with Crippen LogP contribution in [0.25, 0.3) is 0 Å². The van der Waals surface area contributed by atoms with Crippen LogP contribution < -0.4 is 20.1 Å². The first-order valence-corrected chi connectivity index (χ1v) is 11.5. The summed E-state index contributed by atoms with van der Waals surface area (Å²) < 4.78 is 24.3. The van der Waals surface area contributed by atoms with Gasteiger partial charge in [0.1, 0.15) is 19.0 Å². The molecule has 4 rings (SSSR count). The summed E-state index contributed by atoms with van der Waals surface area (Å²) in [5.74, 6) is 1.33.